The van der Waals surface area contributed by atoms with Gasteiger partial charge in [-0.25, -0.2) is 13.4 Å². The quantitative estimate of drug-likeness (QED) is 0.905. The van der Waals surface area contributed by atoms with Crippen molar-refractivity contribution in [3.05, 3.63) is 53.2 Å². The fraction of sp³-hybridized carbons (Fsp3) is 0.0833. The molecule has 1 aromatic heterocycles. The summed E-state index contributed by atoms with van der Waals surface area (Å²) in [5.41, 5.74) is 0.568. The van der Waals surface area contributed by atoms with Crippen LogP contribution in [0.1, 0.15) is 5.56 Å². The summed E-state index contributed by atoms with van der Waals surface area (Å²) in [4.78, 5) is 3.94. The van der Waals surface area contributed by atoms with E-state index < -0.39 is 10.0 Å². The van der Waals surface area contributed by atoms with Crippen LogP contribution in [0.15, 0.2) is 47.5 Å². The minimum Gasteiger partial charge on any atom is -0.392 e. The van der Waals surface area contributed by atoms with Crippen LogP contribution >= 0.6 is 11.6 Å². The summed E-state index contributed by atoms with van der Waals surface area (Å²) in [7, 11) is -3.74. The first kappa shape index (κ1) is 13.8. The first-order valence-electron chi connectivity index (χ1n) is 5.35. The number of aliphatic hydroxyl groups is 1. The fourth-order valence-electron chi connectivity index (χ4n) is 1.46. The Labute approximate surface area is 115 Å². The summed E-state index contributed by atoms with van der Waals surface area (Å²) in [5.74, 6) is 0.145. The molecule has 1 aromatic carbocycles. The van der Waals surface area contributed by atoms with Crippen molar-refractivity contribution >= 4 is 27.4 Å². The predicted molar refractivity (Wildman–Crippen MR) is 72.4 cm³/mol. The summed E-state index contributed by atoms with van der Waals surface area (Å²) >= 11 is 5.76. The molecule has 0 fully saturated rings. The molecule has 19 heavy (non-hydrogen) atoms. The highest BCUT2D eigenvalue weighted by Gasteiger charge is 2.15. The van der Waals surface area contributed by atoms with Gasteiger partial charge in [0.25, 0.3) is 10.0 Å². The third-order valence-electron chi connectivity index (χ3n) is 2.35. The van der Waals surface area contributed by atoms with Crippen molar-refractivity contribution in [2.75, 3.05) is 4.72 Å². The van der Waals surface area contributed by atoms with E-state index in [-0.39, 0.29) is 17.3 Å². The first-order chi connectivity index (χ1) is 9.01. The molecule has 0 aliphatic rings. The van der Waals surface area contributed by atoms with E-state index in [1.807, 2.05) is 0 Å². The normalized spacial score (nSPS) is 11.3. The van der Waals surface area contributed by atoms with Crippen molar-refractivity contribution < 1.29 is 13.5 Å². The number of nitrogens with one attached hydrogen (secondary N) is 1. The molecule has 0 atom stereocenters. The van der Waals surface area contributed by atoms with E-state index in [0.29, 0.717) is 10.6 Å². The highest BCUT2D eigenvalue weighted by atomic mass is 35.5. The van der Waals surface area contributed by atoms with Crippen LogP contribution in [0.5, 0.6) is 0 Å². The van der Waals surface area contributed by atoms with Gasteiger partial charge in [0.05, 0.1) is 11.5 Å². The molecule has 0 radical (unpaired) electrons. The van der Waals surface area contributed by atoms with Crippen LogP contribution in [0, 0.1) is 0 Å². The number of hydrogen-bond donors (Lipinski definition) is 2. The van der Waals surface area contributed by atoms with Crippen molar-refractivity contribution in [3.8, 4) is 0 Å². The van der Waals surface area contributed by atoms with E-state index in [4.69, 9.17) is 16.7 Å². The van der Waals surface area contributed by atoms with Gasteiger partial charge in [0, 0.05) is 11.2 Å². The zero-order valence-corrected chi connectivity index (χ0v) is 11.3. The molecule has 1 heterocycles. The number of aromatic nitrogens is 1. The molecule has 0 saturated heterocycles. The second-order valence-electron chi connectivity index (χ2n) is 3.77. The Hall–Kier alpha value is -1.63. The smallest absolute Gasteiger partial charge is 0.263 e. The number of aliphatic hydroxyl groups excluding tert-OH is 1. The molecule has 0 bridgehead atoms. The first-order valence-corrected chi connectivity index (χ1v) is 7.21. The van der Waals surface area contributed by atoms with Crippen molar-refractivity contribution in [2.45, 2.75) is 11.5 Å². The molecule has 0 unspecified atom stereocenters. The van der Waals surface area contributed by atoms with Gasteiger partial charge in [0.1, 0.15) is 5.82 Å². The lowest BCUT2D eigenvalue weighted by atomic mass is 10.3. The fourth-order valence-corrected chi connectivity index (χ4v) is 2.76. The molecule has 2 rings (SSSR count). The standard InChI is InChI=1S/C12H11ClN2O3S/c13-10-2-1-3-11(7-10)19(17,18)15-12-6-9(8-16)4-5-14-12/h1-7,16H,8H2,(H,14,15). The average Bonchev–Trinajstić information content (AvgIpc) is 2.38. The van der Waals surface area contributed by atoms with Crippen LogP contribution in [0.4, 0.5) is 5.82 Å². The number of pyridine rings is 1. The SMILES string of the molecule is O=S(=O)(Nc1cc(CO)ccn1)c1cccc(Cl)c1. The molecule has 2 aromatic rings. The Morgan fingerprint density at radius 1 is 1.26 bits per heavy atom. The zero-order chi connectivity index (χ0) is 13.9. The lowest BCUT2D eigenvalue weighted by Gasteiger charge is -2.08. The minimum absolute atomic E-state index is 0.0520. The van der Waals surface area contributed by atoms with E-state index in [1.165, 1.54) is 24.4 Å². The molecule has 0 spiro atoms. The van der Waals surface area contributed by atoms with E-state index >= 15 is 0 Å². The van der Waals surface area contributed by atoms with Gasteiger partial charge in [-0.05, 0) is 35.9 Å². The van der Waals surface area contributed by atoms with Gasteiger partial charge in [-0.15, -0.1) is 0 Å². The molecule has 0 amide bonds. The monoisotopic (exact) mass is 298 g/mol. The van der Waals surface area contributed by atoms with Crippen molar-refractivity contribution in [2.24, 2.45) is 0 Å². The molecular formula is C12H11ClN2O3S. The molecule has 7 heteroatoms. The lowest BCUT2D eigenvalue weighted by Crippen LogP contribution is -2.14. The Morgan fingerprint density at radius 3 is 2.74 bits per heavy atom. The number of halogens is 1. The number of sulfonamides is 1. The van der Waals surface area contributed by atoms with Gasteiger partial charge in [0.15, 0.2) is 0 Å². The second-order valence-corrected chi connectivity index (χ2v) is 5.89. The third kappa shape index (κ3) is 3.44. The van der Waals surface area contributed by atoms with Gasteiger partial charge in [-0.1, -0.05) is 17.7 Å². The molecule has 0 aliphatic carbocycles. The van der Waals surface area contributed by atoms with Crippen LogP contribution in [0.3, 0.4) is 0 Å². The predicted octanol–water partition coefficient (Wildman–Crippen LogP) is 2.03. The van der Waals surface area contributed by atoms with Gasteiger partial charge in [0.2, 0.25) is 0 Å². The molecule has 0 saturated carbocycles. The third-order valence-corrected chi connectivity index (χ3v) is 3.94. The largest absolute Gasteiger partial charge is 0.392 e. The molecule has 100 valence electrons. The Balaban J connectivity index is 2.31. The second kappa shape index (κ2) is 5.56. The topological polar surface area (TPSA) is 79.3 Å². The van der Waals surface area contributed by atoms with Crippen LogP contribution in [-0.2, 0) is 16.6 Å². The number of benzene rings is 1. The number of nitrogens with zero attached hydrogens (tertiary/aromatic N) is 1. The Morgan fingerprint density at radius 2 is 2.05 bits per heavy atom. The maximum Gasteiger partial charge on any atom is 0.263 e. The number of anilines is 1. The summed E-state index contributed by atoms with van der Waals surface area (Å²) in [6.07, 6.45) is 1.42. The zero-order valence-electron chi connectivity index (χ0n) is 9.75. The van der Waals surface area contributed by atoms with E-state index in [9.17, 15) is 8.42 Å². The average molecular weight is 299 g/mol. The van der Waals surface area contributed by atoms with Crippen LogP contribution in [0.25, 0.3) is 0 Å². The van der Waals surface area contributed by atoms with Crippen LogP contribution in [0.2, 0.25) is 5.02 Å². The van der Waals surface area contributed by atoms with Gasteiger partial charge >= 0.3 is 0 Å². The highest BCUT2D eigenvalue weighted by Crippen LogP contribution is 2.18. The van der Waals surface area contributed by atoms with E-state index in [2.05, 4.69) is 9.71 Å². The van der Waals surface area contributed by atoms with Gasteiger partial charge in [-0.2, -0.15) is 0 Å². The number of hydrogen-bond acceptors (Lipinski definition) is 4. The summed E-state index contributed by atoms with van der Waals surface area (Å²) in [5, 5.41) is 9.32. The number of rotatable bonds is 4. The molecule has 0 aliphatic heterocycles. The van der Waals surface area contributed by atoms with Crippen LogP contribution < -0.4 is 4.72 Å². The molecular weight excluding hydrogens is 288 g/mol. The van der Waals surface area contributed by atoms with Crippen molar-refractivity contribution in [1.82, 2.24) is 4.98 Å². The molecule has 5 nitrogen and oxygen atoms in total. The van der Waals surface area contributed by atoms with E-state index in [1.54, 1.807) is 18.2 Å². The van der Waals surface area contributed by atoms with E-state index in [0.717, 1.165) is 0 Å². The Kier molecular flexibility index (Phi) is 4.04. The van der Waals surface area contributed by atoms with Crippen LogP contribution in [-0.4, -0.2) is 18.5 Å². The highest BCUT2D eigenvalue weighted by molar-refractivity contribution is 7.92. The minimum atomic E-state index is -3.74. The summed E-state index contributed by atoms with van der Waals surface area (Å²) < 4.78 is 26.5. The summed E-state index contributed by atoms with van der Waals surface area (Å²) in [6, 6.07) is 8.98. The van der Waals surface area contributed by atoms with Crippen molar-refractivity contribution in [3.63, 3.8) is 0 Å². The maximum atomic E-state index is 12.1. The van der Waals surface area contributed by atoms with Crippen molar-refractivity contribution in [1.29, 1.82) is 0 Å². The van der Waals surface area contributed by atoms with Gasteiger partial charge < -0.3 is 5.11 Å². The maximum absolute atomic E-state index is 12.1. The summed E-state index contributed by atoms with van der Waals surface area (Å²) in [6.45, 7) is -0.186. The van der Waals surface area contributed by atoms with Gasteiger partial charge in [-0.3, -0.25) is 4.72 Å². The Bertz CT molecular complexity index is 689. The lowest BCUT2D eigenvalue weighted by molar-refractivity contribution is 0.282. The molecule has 2 N–H and O–H groups in total.